The molecular formula is C20H26N2O3. The molecule has 0 saturated carbocycles. The van der Waals surface area contributed by atoms with Crippen molar-refractivity contribution in [1.82, 2.24) is 10.2 Å². The number of urea groups is 1. The van der Waals surface area contributed by atoms with Crippen LogP contribution in [0.15, 0.2) is 34.7 Å². The summed E-state index contributed by atoms with van der Waals surface area (Å²) in [5.41, 5.74) is 2.18. The highest BCUT2D eigenvalue weighted by atomic mass is 16.5. The highest BCUT2D eigenvalue weighted by Crippen LogP contribution is 2.33. The van der Waals surface area contributed by atoms with Crippen molar-refractivity contribution >= 4 is 6.03 Å². The molecule has 1 aliphatic heterocycles. The molecule has 5 heteroatoms. The van der Waals surface area contributed by atoms with E-state index in [1.807, 2.05) is 56.0 Å². The number of rotatable bonds is 4. The number of carbonyl (C=O) groups excluding carboxylic acids is 1. The minimum Gasteiger partial charge on any atom is -0.497 e. The average molecular weight is 342 g/mol. The number of ether oxygens (including phenoxy) is 1. The maximum atomic E-state index is 12.8. The summed E-state index contributed by atoms with van der Waals surface area (Å²) in [5, 5.41) is 3.12. The number of aryl methyl sites for hydroxylation is 2. The van der Waals surface area contributed by atoms with Gasteiger partial charge in [0.25, 0.3) is 0 Å². The molecule has 0 radical (unpaired) electrons. The van der Waals surface area contributed by atoms with Crippen LogP contribution in [0, 0.1) is 13.8 Å². The van der Waals surface area contributed by atoms with Crippen molar-refractivity contribution < 1.29 is 13.9 Å². The van der Waals surface area contributed by atoms with E-state index in [-0.39, 0.29) is 18.1 Å². The van der Waals surface area contributed by atoms with E-state index < -0.39 is 0 Å². The fraction of sp³-hybridized carbons (Fsp3) is 0.450. The number of benzene rings is 1. The summed E-state index contributed by atoms with van der Waals surface area (Å²) < 4.78 is 10.8. The summed E-state index contributed by atoms with van der Waals surface area (Å²) in [6.45, 7) is 6.62. The number of amides is 2. The first-order valence-corrected chi connectivity index (χ1v) is 8.77. The van der Waals surface area contributed by atoms with Gasteiger partial charge in [-0.3, -0.25) is 0 Å². The summed E-state index contributed by atoms with van der Waals surface area (Å²) in [4.78, 5) is 14.7. The van der Waals surface area contributed by atoms with Gasteiger partial charge in [-0.1, -0.05) is 12.1 Å². The molecule has 2 aromatic rings. The van der Waals surface area contributed by atoms with E-state index in [0.29, 0.717) is 0 Å². The zero-order valence-electron chi connectivity index (χ0n) is 15.3. The van der Waals surface area contributed by atoms with Crippen LogP contribution in [0.3, 0.4) is 0 Å². The van der Waals surface area contributed by atoms with Crippen molar-refractivity contribution in [3.8, 4) is 5.75 Å². The lowest BCUT2D eigenvalue weighted by Gasteiger charge is -2.27. The molecule has 1 aliphatic rings. The Hall–Kier alpha value is -2.43. The van der Waals surface area contributed by atoms with Gasteiger partial charge in [0.15, 0.2) is 0 Å². The van der Waals surface area contributed by atoms with Crippen LogP contribution in [-0.4, -0.2) is 24.6 Å². The molecule has 3 rings (SSSR count). The first-order valence-electron chi connectivity index (χ1n) is 8.77. The van der Waals surface area contributed by atoms with E-state index in [2.05, 4.69) is 5.32 Å². The fourth-order valence-electron chi connectivity index (χ4n) is 3.61. The minimum absolute atomic E-state index is 0.0240. The number of hydrogen-bond donors (Lipinski definition) is 1. The Morgan fingerprint density at radius 1 is 1.32 bits per heavy atom. The number of carbonyl (C=O) groups is 1. The zero-order valence-corrected chi connectivity index (χ0v) is 15.3. The molecule has 0 bridgehead atoms. The Bertz CT molecular complexity index is 736. The van der Waals surface area contributed by atoms with Crippen molar-refractivity contribution in [2.45, 2.75) is 45.7 Å². The van der Waals surface area contributed by atoms with Gasteiger partial charge in [-0.05, 0) is 57.4 Å². The van der Waals surface area contributed by atoms with Crippen LogP contribution in [0.4, 0.5) is 4.79 Å². The van der Waals surface area contributed by atoms with Gasteiger partial charge in [0.05, 0.1) is 19.2 Å². The second kappa shape index (κ2) is 7.21. The number of furan rings is 1. The molecule has 0 aliphatic carbocycles. The Labute approximate surface area is 149 Å². The highest BCUT2D eigenvalue weighted by Gasteiger charge is 2.31. The summed E-state index contributed by atoms with van der Waals surface area (Å²) in [6.07, 6.45) is 2.00. The molecule has 1 aromatic carbocycles. The van der Waals surface area contributed by atoms with Crippen LogP contribution in [0.25, 0.3) is 0 Å². The van der Waals surface area contributed by atoms with E-state index >= 15 is 0 Å². The molecule has 2 unspecified atom stereocenters. The van der Waals surface area contributed by atoms with Gasteiger partial charge in [0.2, 0.25) is 0 Å². The fourth-order valence-corrected chi connectivity index (χ4v) is 3.61. The van der Waals surface area contributed by atoms with Gasteiger partial charge in [-0.25, -0.2) is 4.79 Å². The van der Waals surface area contributed by atoms with Gasteiger partial charge >= 0.3 is 6.03 Å². The van der Waals surface area contributed by atoms with Crippen LogP contribution in [-0.2, 0) is 0 Å². The van der Waals surface area contributed by atoms with Gasteiger partial charge in [0.1, 0.15) is 17.3 Å². The number of likely N-dealkylation sites (tertiary alicyclic amines) is 1. The van der Waals surface area contributed by atoms with E-state index in [1.54, 1.807) is 7.11 Å². The number of methoxy groups -OCH3 is 1. The monoisotopic (exact) mass is 342 g/mol. The Morgan fingerprint density at radius 3 is 2.64 bits per heavy atom. The SMILES string of the molecule is COc1ccc(C2CCCN2C(=O)NC(C)c2cc(C)oc2C)cc1. The summed E-state index contributed by atoms with van der Waals surface area (Å²) in [6, 6.07) is 9.99. The van der Waals surface area contributed by atoms with Crippen LogP contribution in [0.5, 0.6) is 5.75 Å². The zero-order chi connectivity index (χ0) is 18.0. The van der Waals surface area contributed by atoms with Crippen molar-refractivity contribution in [3.63, 3.8) is 0 Å². The molecule has 1 N–H and O–H groups in total. The quantitative estimate of drug-likeness (QED) is 0.889. The van der Waals surface area contributed by atoms with E-state index in [9.17, 15) is 4.79 Å². The number of nitrogens with zero attached hydrogens (tertiary/aromatic N) is 1. The molecule has 1 saturated heterocycles. The normalized spacial score (nSPS) is 18.2. The number of nitrogens with one attached hydrogen (secondary N) is 1. The Balaban J connectivity index is 1.70. The van der Waals surface area contributed by atoms with Crippen LogP contribution in [0.1, 0.15) is 54.5 Å². The molecule has 0 spiro atoms. The van der Waals surface area contributed by atoms with E-state index in [0.717, 1.165) is 47.8 Å². The topological polar surface area (TPSA) is 54.7 Å². The third-order valence-corrected chi connectivity index (χ3v) is 4.90. The predicted octanol–water partition coefficient (Wildman–Crippen LogP) is 4.51. The molecule has 5 nitrogen and oxygen atoms in total. The lowest BCUT2D eigenvalue weighted by atomic mass is 10.0. The van der Waals surface area contributed by atoms with E-state index in [4.69, 9.17) is 9.15 Å². The Morgan fingerprint density at radius 2 is 2.04 bits per heavy atom. The molecular weight excluding hydrogens is 316 g/mol. The second-order valence-electron chi connectivity index (χ2n) is 6.66. The maximum Gasteiger partial charge on any atom is 0.318 e. The van der Waals surface area contributed by atoms with Crippen molar-refractivity contribution in [1.29, 1.82) is 0 Å². The molecule has 2 atom stereocenters. The lowest BCUT2D eigenvalue weighted by Crippen LogP contribution is -2.40. The first-order chi connectivity index (χ1) is 12.0. The molecule has 134 valence electrons. The third-order valence-electron chi connectivity index (χ3n) is 4.90. The van der Waals surface area contributed by atoms with Crippen molar-refractivity contribution in [2.75, 3.05) is 13.7 Å². The van der Waals surface area contributed by atoms with Gasteiger partial charge in [-0.15, -0.1) is 0 Å². The van der Waals surface area contributed by atoms with Crippen molar-refractivity contribution in [3.05, 3.63) is 53.0 Å². The first kappa shape index (κ1) is 17.4. The molecule has 2 amide bonds. The largest absolute Gasteiger partial charge is 0.497 e. The second-order valence-corrected chi connectivity index (χ2v) is 6.66. The van der Waals surface area contributed by atoms with Gasteiger partial charge in [0, 0.05) is 12.1 Å². The smallest absolute Gasteiger partial charge is 0.318 e. The minimum atomic E-state index is -0.0814. The van der Waals surface area contributed by atoms with Crippen LogP contribution in [0.2, 0.25) is 0 Å². The lowest BCUT2D eigenvalue weighted by molar-refractivity contribution is 0.189. The molecule has 2 heterocycles. The van der Waals surface area contributed by atoms with E-state index in [1.165, 1.54) is 0 Å². The number of hydrogen-bond acceptors (Lipinski definition) is 3. The maximum absolute atomic E-state index is 12.8. The van der Waals surface area contributed by atoms with Crippen LogP contribution < -0.4 is 10.1 Å². The van der Waals surface area contributed by atoms with Crippen LogP contribution >= 0.6 is 0 Å². The summed E-state index contributed by atoms with van der Waals surface area (Å²) >= 11 is 0. The predicted molar refractivity (Wildman–Crippen MR) is 96.8 cm³/mol. The molecule has 1 fully saturated rings. The third kappa shape index (κ3) is 3.65. The van der Waals surface area contributed by atoms with Gasteiger partial charge < -0.3 is 19.4 Å². The molecule has 1 aromatic heterocycles. The average Bonchev–Trinajstić information content (AvgIpc) is 3.21. The Kier molecular flexibility index (Phi) is 5.02. The molecule has 25 heavy (non-hydrogen) atoms. The summed E-state index contributed by atoms with van der Waals surface area (Å²) in [7, 11) is 1.66. The standard InChI is InChI=1S/C20H26N2O3/c1-13-12-18(15(3)25-13)14(2)21-20(23)22-11-5-6-19(22)16-7-9-17(24-4)10-8-16/h7-10,12,14,19H,5-6,11H2,1-4H3,(H,21,23). The van der Waals surface area contributed by atoms with Crippen molar-refractivity contribution in [2.24, 2.45) is 0 Å². The summed E-state index contributed by atoms with van der Waals surface area (Å²) in [5.74, 6) is 2.56. The van der Waals surface area contributed by atoms with Gasteiger partial charge in [-0.2, -0.15) is 0 Å². The highest BCUT2D eigenvalue weighted by molar-refractivity contribution is 5.75.